The van der Waals surface area contributed by atoms with Gasteiger partial charge >= 0.3 is 6.09 Å². The van der Waals surface area contributed by atoms with E-state index in [1.807, 2.05) is 19.1 Å². The highest BCUT2D eigenvalue weighted by atomic mass is 35.5. The molecule has 0 aromatic heterocycles. The van der Waals surface area contributed by atoms with Gasteiger partial charge in [-0.2, -0.15) is 0 Å². The average Bonchev–Trinajstić information content (AvgIpc) is 2.65. The number of benzene rings is 1. The molecule has 0 saturated carbocycles. The van der Waals surface area contributed by atoms with Crippen LogP contribution in [-0.2, 0) is 4.74 Å². The lowest BCUT2D eigenvalue weighted by Crippen LogP contribution is -2.43. The van der Waals surface area contributed by atoms with Crippen molar-refractivity contribution < 1.29 is 9.53 Å². The Morgan fingerprint density at radius 2 is 2.00 bits per heavy atom. The number of nitrogens with zero attached hydrogens (tertiary/aromatic N) is 1. The fraction of sp³-hybridized carbons (Fsp3) is 0.562. The van der Waals surface area contributed by atoms with Crippen molar-refractivity contribution in [3.63, 3.8) is 0 Å². The predicted molar refractivity (Wildman–Crippen MR) is 83.9 cm³/mol. The summed E-state index contributed by atoms with van der Waals surface area (Å²) in [5.74, 6) is 0. The molecule has 114 valence electrons. The van der Waals surface area contributed by atoms with Crippen LogP contribution >= 0.6 is 11.6 Å². The number of para-hydroxylation sites is 1. The van der Waals surface area contributed by atoms with Crippen LogP contribution in [0.2, 0.25) is 5.02 Å². The van der Waals surface area contributed by atoms with E-state index in [0.29, 0.717) is 22.8 Å². The van der Waals surface area contributed by atoms with Crippen LogP contribution in [0.4, 0.5) is 10.5 Å². The number of amides is 1. The molecule has 21 heavy (non-hydrogen) atoms. The molecule has 1 aromatic carbocycles. The van der Waals surface area contributed by atoms with Gasteiger partial charge in [-0.05, 0) is 38.4 Å². The molecule has 1 amide bonds. The van der Waals surface area contributed by atoms with Gasteiger partial charge in [0.1, 0.15) is 6.10 Å². The third kappa shape index (κ3) is 3.01. The van der Waals surface area contributed by atoms with E-state index in [4.69, 9.17) is 16.3 Å². The number of anilines is 1. The number of carbonyl (C=O) groups excluding carboxylic acids is 1. The Hall–Kier alpha value is -1.26. The maximum absolute atomic E-state index is 12.1. The van der Waals surface area contributed by atoms with E-state index < -0.39 is 6.09 Å². The summed E-state index contributed by atoms with van der Waals surface area (Å²) >= 11 is 6.11. The third-order valence-corrected chi connectivity index (χ3v) is 5.09. The number of aryl methyl sites for hydroxylation is 1. The quantitative estimate of drug-likeness (QED) is 0.903. The Bertz CT molecular complexity index is 515. The van der Waals surface area contributed by atoms with E-state index in [-0.39, 0.29) is 6.10 Å². The zero-order valence-electron chi connectivity index (χ0n) is 12.4. The topological polar surface area (TPSA) is 41.6 Å². The minimum atomic E-state index is -0.403. The Morgan fingerprint density at radius 1 is 1.33 bits per heavy atom. The van der Waals surface area contributed by atoms with Gasteiger partial charge in [-0.1, -0.05) is 23.7 Å². The molecular weight excluding hydrogens is 288 g/mol. The van der Waals surface area contributed by atoms with Crippen LogP contribution in [0.25, 0.3) is 0 Å². The highest BCUT2D eigenvalue weighted by molar-refractivity contribution is 6.33. The number of piperidine rings is 1. The van der Waals surface area contributed by atoms with Gasteiger partial charge in [0.05, 0.1) is 10.7 Å². The van der Waals surface area contributed by atoms with E-state index >= 15 is 0 Å². The van der Waals surface area contributed by atoms with Gasteiger partial charge in [-0.15, -0.1) is 0 Å². The molecule has 0 aliphatic carbocycles. The lowest BCUT2D eigenvalue weighted by Gasteiger charge is -2.35. The number of halogens is 1. The highest BCUT2D eigenvalue weighted by Gasteiger charge is 2.39. The zero-order chi connectivity index (χ0) is 15.0. The molecule has 2 aliphatic heterocycles. The van der Waals surface area contributed by atoms with Crippen LogP contribution < -0.4 is 5.32 Å². The van der Waals surface area contributed by atoms with Crippen molar-refractivity contribution in [2.45, 2.75) is 50.8 Å². The van der Waals surface area contributed by atoms with Crippen LogP contribution in [0.5, 0.6) is 0 Å². The first-order chi connectivity index (χ1) is 10.0. The number of rotatable bonds is 2. The molecular formula is C16H21ClN2O2. The third-order valence-electron chi connectivity index (χ3n) is 4.78. The fourth-order valence-electron chi connectivity index (χ4n) is 3.53. The van der Waals surface area contributed by atoms with Gasteiger partial charge in [0.2, 0.25) is 0 Å². The van der Waals surface area contributed by atoms with Crippen molar-refractivity contribution in [1.82, 2.24) is 4.90 Å². The van der Waals surface area contributed by atoms with E-state index in [1.165, 1.54) is 12.8 Å². The number of carbonyl (C=O) groups is 1. The molecule has 3 rings (SSSR count). The van der Waals surface area contributed by atoms with Crippen LogP contribution in [0.1, 0.15) is 31.2 Å². The summed E-state index contributed by atoms with van der Waals surface area (Å²) in [7, 11) is 2.17. The Kier molecular flexibility index (Phi) is 4.09. The first-order valence-corrected chi connectivity index (χ1v) is 7.87. The zero-order valence-corrected chi connectivity index (χ0v) is 13.2. The van der Waals surface area contributed by atoms with Crippen molar-refractivity contribution in [3.8, 4) is 0 Å². The molecule has 2 aliphatic rings. The van der Waals surface area contributed by atoms with Crippen molar-refractivity contribution >= 4 is 23.4 Å². The second-order valence-electron chi connectivity index (χ2n) is 6.11. The number of hydrogen-bond acceptors (Lipinski definition) is 3. The Morgan fingerprint density at radius 3 is 2.62 bits per heavy atom. The molecule has 5 heteroatoms. The first kappa shape index (κ1) is 14.7. The summed E-state index contributed by atoms with van der Waals surface area (Å²) in [5.41, 5.74) is 1.57. The van der Waals surface area contributed by atoms with E-state index in [2.05, 4.69) is 17.3 Å². The molecule has 2 heterocycles. The standard InChI is InChI=1S/C16H21ClN2O2/c1-10-4-3-5-14(17)15(10)18-16(20)21-13-8-11-6-7-12(9-13)19(11)2/h3-5,11-13H,6-9H2,1-2H3,(H,18,20)/t11-,12+,13?. The van der Waals surface area contributed by atoms with Crippen LogP contribution in [-0.4, -0.2) is 36.2 Å². The van der Waals surface area contributed by atoms with E-state index in [1.54, 1.807) is 6.07 Å². The predicted octanol–water partition coefficient (Wildman–Crippen LogP) is 3.82. The Labute approximate surface area is 130 Å². The summed E-state index contributed by atoms with van der Waals surface area (Å²) in [6.07, 6.45) is 3.91. The minimum Gasteiger partial charge on any atom is -0.446 e. The molecule has 1 N–H and O–H groups in total. The van der Waals surface area contributed by atoms with Gasteiger partial charge < -0.3 is 9.64 Å². The fourth-order valence-corrected chi connectivity index (χ4v) is 3.80. The molecule has 1 unspecified atom stereocenters. The molecule has 0 radical (unpaired) electrons. The summed E-state index contributed by atoms with van der Waals surface area (Å²) in [6, 6.07) is 6.66. The lowest BCUT2D eigenvalue weighted by atomic mass is 10.0. The van der Waals surface area contributed by atoms with Crippen LogP contribution in [0, 0.1) is 6.92 Å². The summed E-state index contributed by atoms with van der Waals surface area (Å²) in [5, 5.41) is 3.32. The highest BCUT2D eigenvalue weighted by Crippen LogP contribution is 2.35. The first-order valence-electron chi connectivity index (χ1n) is 7.49. The number of nitrogens with one attached hydrogen (secondary N) is 1. The van der Waals surface area contributed by atoms with E-state index in [9.17, 15) is 4.79 Å². The number of ether oxygens (including phenoxy) is 1. The maximum atomic E-state index is 12.1. The SMILES string of the molecule is Cc1cccc(Cl)c1NC(=O)OC1C[C@H]2CC[C@@H](C1)N2C. The van der Waals surface area contributed by atoms with Crippen molar-refractivity contribution in [1.29, 1.82) is 0 Å². The van der Waals surface area contributed by atoms with Crippen molar-refractivity contribution in [2.75, 3.05) is 12.4 Å². The lowest BCUT2D eigenvalue weighted by molar-refractivity contribution is 0.0348. The molecule has 2 saturated heterocycles. The molecule has 3 atom stereocenters. The second-order valence-corrected chi connectivity index (χ2v) is 6.51. The van der Waals surface area contributed by atoms with Gasteiger partial charge in [0.25, 0.3) is 0 Å². The van der Waals surface area contributed by atoms with Gasteiger partial charge in [-0.25, -0.2) is 4.79 Å². The normalized spacial score (nSPS) is 28.4. The second kappa shape index (κ2) is 5.85. The van der Waals surface area contributed by atoms with Gasteiger partial charge in [0, 0.05) is 24.9 Å². The molecule has 4 nitrogen and oxygen atoms in total. The molecule has 0 spiro atoms. The largest absolute Gasteiger partial charge is 0.446 e. The van der Waals surface area contributed by atoms with Gasteiger partial charge in [-0.3, -0.25) is 5.32 Å². The van der Waals surface area contributed by atoms with Gasteiger partial charge in [0.15, 0.2) is 0 Å². The average molecular weight is 309 g/mol. The van der Waals surface area contributed by atoms with Crippen molar-refractivity contribution in [2.24, 2.45) is 0 Å². The van der Waals surface area contributed by atoms with E-state index in [0.717, 1.165) is 18.4 Å². The molecule has 1 aromatic rings. The van der Waals surface area contributed by atoms with Crippen LogP contribution in [0.15, 0.2) is 18.2 Å². The minimum absolute atomic E-state index is 0.0153. The molecule has 2 fully saturated rings. The maximum Gasteiger partial charge on any atom is 0.411 e. The number of fused-ring (bicyclic) bond motifs is 2. The van der Waals surface area contributed by atoms with Crippen LogP contribution in [0.3, 0.4) is 0 Å². The smallest absolute Gasteiger partial charge is 0.411 e. The molecule has 2 bridgehead atoms. The summed E-state index contributed by atoms with van der Waals surface area (Å²) < 4.78 is 5.60. The monoisotopic (exact) mass is 308 g/mol. The Balaban J connectivity index is 1.60. The summed E-state index contributed by atoms with van der Waals surface area (Å²) in [4.78, 5) is 14.5. The number of hydrogen-bond donors (Lipinski definition) is 1. The van der Waals surface area contributed by atoms with Crippen molar-refractivity contribution in [3.05, 3.63) is 28.8 Å². The summed E-state index contributed by atoms with van der Waals surface area (Å²) in [6.45, 7) is 1.91.